The Kier molecular flexibility index (Phi) is 5.12. The fourth-order valence-corrected chi connectivity index (χ4v) is 2.26. The highest BCUT2D eigenvalue weighted by Crippen LogP contribution is 2.30. The molecule has 0 fully saturated rings. The number of nitrogens with zero attached hydrogens (tertiary/aromatic N) is 2. The maximum absolute atomic E-state index is 12.8. The third-order valence-corrected chi connectivity index (χ3v) is 3.53. The molecule has 28 heavy (non-hydrogen) atoms. The fraction of sp³-hybridized carbons (Fsp3) is 0.111. The Morgan fingerprint density at radius 3 is 2.21 bits per heavy atom. The lowest BCUT2D eigenvalue weighted by Gasteiger charge is -2.10. The van der Waals surface area contributed by atoms with Crippen molar-refractivity contribution in [1.82, 2.24) is 10.1 Å². The van der Waals surface area contributed by atoms with E-state index >= 15 is 0 Å². The normalized spacial score (nSPS) is 11.1. The zero-order valence-electron chi connectivity index (χ0n) is 14.4. The predicted octanol–water partition coefficient (Wildman–Crippen LogP) is 3.90. The zero-order valence-corrected chi connectivity index (χ0v) is 14.4. The van der Waals surface area contributed by atoms with Crippen LogP contribution in [0.5, 0.6) is 0 Å². The summed E-state index contributed by atoms with van der Waals surface area (Å²) in [6.07, 6.45) is -4.53. The number of pyridine rings is 1. The summed E-state index contributed by atoms with van der Waals surface area (Å²) in [5.74, 6) is -0.700. The van der Waals surface area contributed by atoms with Gasteiger partial charge in [-0.2, -0.15) is 13.2 Å². The molecule has 0 radical (unpaired) electrons. The molecule has 0 saturated heterocycles. The second-order valence-electron chi connectivity index (χ2n) is 5.72. The molecule has 0 aliphatic heterocycles. The van der Waals surface area contributed by atoms with Crippen molar-refractivity contribution in [3.05, 3.63) is 71.2 Å². The van der Waals surface area contributed by atoms with E-state index in [1.165, 1.54) is 36.4 Å². The van der Waals surface area contributed by atoms with Gasteiger partial charge in [-0.15, -0.1) is 0 Å². The number of aromatic nitrogens is 2. The number of alkyl halides is 3. The lowest BCUT2D eigenvalue weighted by atomic mass is 10.2. The summed E-state index contributed by atoms with van der Waals surface area (Å²) in [7, 11) is 0. The molecule has 2 amide bonds. The fourth-order valence-electron chi connectivity index (χ4n) is 2.26. The highest BCUT2D eigenvalue weighted by Gasteiger charge is 2.30. The molecule has 7 nitrogen and oxygen atoms in total. The van der Waals surface area contributed by atoms with Crippen molar-refractivity contribution >= 4 is 23.3 Å². The number of rotatable bonds is 4. The van der Waals surface area contributed by atoms with Gasteiger partial charge in [-0.3, -0.25) is 9.59 Å². The minimum Gasteiger partial charge on any atom is -0.360 e. The van der Waals surface area contributed by atoms with Crippen LogP contribution >= 0.6 is 0 Å². The molecule has 3 rings (SSSR count). The molecule has 0 bridgehead atoms. The molecule has 0 saturated carbocycles. The van der Waals surface area contributed by atoms with Gasteiger partial charge >= 0.3 is 6.18 Å². The number of aryl methyl sites for hydroxylation is 1. The smallest absolute Gasteiger partial charge is 0.360 e. The second kappa shape index (κ2) is 7.51. The largest absolute Gasteiger partial charge is 0.416 e. The minimum absolute atomic E-state index is 0.0467. The molecule has 0 spiro atoms. The van der Waals surface area contributed by atoms with E-state index in [-0.39, 0.29) is 22.9 Å². The summed E-state index contributed by atoms with van der Waals surface area (Å²) in [5.41, 5.74) is -1.15. The van der Waals surface area contributed by atoms with Crippen LogP contribution in [-0.2, 0) is 6.18 Å². The molecule has 2 aromatic heterocycles. The summed E-state index contributed by atoms with van der Waals surface area (Å²) in [6, 6.07) is 9.83. The molecule has 2 N–H and O–H groups in total. The Morgan fingerprint density at radius 2 is 1.61 bits per heavy atom. The van der Waals surface area contributed by atoms with Gasteiger partial charge in [0.1, 0.15) is 17.1 Å². The number of amides is 2. The van der Waals surface area contributed by atoms with E-state index < -0.39 is 23.6 Å². The predicted molar refractivity (Wildman–Crippen MR) is 92.8 cm³/mol. The third kappa shape index (κ3) is 4.53. The topological polar surface area (TPSA) is 97.1 Å². The molecule has 2 heterocycles. The Hall–Kier alpha value is -3.69. The maximum Gasteiger partial charge on any atom is 0.416 e. The molecule has 0 unspecified atom stereocenters. The summed E-state index contributed by atoms with van der Waals surface area (Å²) < 4.78 is 43.1. The van der Waals surface area contributed by atoms with Crippen LogP contribution < -0.4 is 10.6 Å². The molecule has 0 aliphatic rings. The summed E-state index contributed by atoms with van der Waals surface area (Å²) in [4.78, 5) is 28.4. The van der Waals surface area contributed by atoms with E-state index in [1.54, 1.807) is 6.92 Å². The van der Waals surface area contributed by atoms with Crippen LogP contribution in [0.1, 0.15) is 32.3 Å². The van der Waals surface area contributed by atoms with Crippen LogP contribution in [0.15, 0.2) is 53.1 Å². The van der Waals surface area contributed by atoms with Gasteiger partial charge in [0.25, 0.3) is 11.8 Å². The van der Waals surface area contributed by atoms with Crippen LogP contribution in [0.3, 0.4) is 0 Å². The van der Waals surface area contributed by atoms with Gasteiger partial charge in [0.2, 0.25) is 0 Å². The number of nitrogens with one attached hydrogen (secondary N) is 2. The minimum atomic E-state index is -4.53. The number of carbonyl (C=O) groups excluding carboxylic acids is 2. The first-order valence-electron chi connectivity index (χ1n) is 7.93. The molecule has 0 aliphatic carbocycles. The second-order valence-corrected chi connectivity index (χ2v) is 5.72. The van der Waals surface area contributed by atoms with Crippen molar-refractivity contribution in [2.45, 2.75) is 13.1 Å². The third-order valence-electron chi connectivity index (χ3n) is 3.53. The molecule has 10 heteroatoms. The number of hydrogen-bond acceptors (Lipinski definition) is 5. The number of carbonyl (C=O) groups is 2. The maximum atomic E-state index is 12.8. The Labute approximate surface area is 156 Å². The van der Waals surface area contributed by atoms with E-state index in [0.29, 0.717) is 5.76 Å². The quantitative estimate of drug-likeness (QED) is 0.704. The van der Waals surface area contributed by atoms with Gasteiger partial charge in [-0.25, -0.2) is 4.98 Å². The van der Waals surface area contributed by atoms with Crippen LogP contribution in [0.2, 0.25) is 0 Å². The number of anilines is 2. The van der Waals surface area contributed by atoms with Crippen molar-refractivity contribution in [2.75, 3.05) is 10.6 Å². The monoisotopic (exact) mass is 390 g/mol. The van der Waals surface area contributed by atoms with Crippen molar-refractivity contribution < 1.29 is 27.3 Å². The van der Waals surface area contributed by atoms with Crippen LogP contribution in [0.4, 0.5) is 24.7 Å². The molecule has 0 atom stereocenters. The van der Waals surface area contributed by atoms with Gasteiger partial charge in [0.05, 0.1) is 5.56 Å². The van der Waals surface area contributed by atoms with Gasteiger partial charge in [-0.05, 0) is 37.3 Å². The molecule has 3 aromatic rings. The Morgan fingerprint density at radius 1 is 0.964 bits per heavy atom. The van der Waals surface area contributed by atoms with Crippen molar-refractivity contribution in [3.8, 4) is 0 Å². The summed E-state index contributed by atoms with van der Waals surface area (Å²) in [6.45, 7) is 1.65. The van der Waals surface area contributed by atoms with Crippen LogP contribution in [0.25, 0.3) is 0 Å². The first kappa shape index (κ1) is 19.1. The highest BCUT2D eigenvalue weighted by molar-refractivity contribution is 6.05. The summed E-state index contributed by atoms with van der Waals surface area (Å²) >= 11 is 0. The van der Waals surface area contributed by atoms with Crippen molar-refractivity contribution in [2.24, 2.45) is 0 Å². The number of hydrogen-bond donors (Lipinski definition) is 2. The van der Waals surface area contributed by atoms with E-state index in [2.05, 4.69) is 20.8 Å². The van der Waals surface area contributed by atoms with Gasteiger partial charge < -0.3 is 15.2 Å². The van der Waals surface area contributed by atoms with E-state index in [1.807, 2.05) is 0 Å². The van der Waals surface area contributed by atoms with Crippen molar-refractivity contribution in [3.63, 3.8) is 0 Å². The Balaban J connectivity index is 1.74. The van der Waals surface area contributed by atoms with E-state index in [4.69, 9.17) is 4.52 Å². The molecule has 144 valence electrons. The van der Waals surface area contributed by atoms with Crippen molar-refractivity contribution in [1.29, 1.82) is 0 Å². The standard InChI is InChI=1S/C18H13F3N4O3/c1-10-8-15(25-28-10)24-17(27)14-7-3-6-13(23-14)16(26)22-12-5-2-4-11(9-12)18(19,20)21/h2-9H,1H3,(H,22,26)(H,24,25,27). The summed E-state index contributed by atoms with van der Waals surface area (Å²) in [5, 5.41) is 8.40. The van der Waals surface area contributed by atoms with Gasteiger partial charge in [0, 0.05) is 11.8 Å². The lowest BCUT2D eigenvalue weighted by molar-refractivity contribution is -0.137. The van der Waals surface area contributed by atoms with Crippen LogP contribution in [-0.4, -0.2) is 22.0 Å². The molecular weight excluding hydrogens is 377 g/mol. The number of benzene rings is 1. The first-order chi connectivity index (χ1) is 13.2. The lowest BCUT2D eigenvalue weighted by Crippen LogP contribution is -2.18. The zero-order chi connectivity index (χ0) is 20.3. The SMILES string of the molecule is Cc1cc(NC(=O)c2cccc(C(=O)Nc3cccc(C(F)(F)F)c3)n2)no1. The van der Waals surface area contributed by atoms with Gasteiger partial charge in [0.15, 0.2) is 5.82 Å². The van der Waals surface area contributed by atoms with E-state index in [9.17, 15) is 22.8 Å². The highest BCUT2D eigenvalue weighted by atomic mass is 19.4. The molecular formula is C18H13F3N4O3. The van der Waals surface area contributed by atoms with E-state index in [0.717, 1.165) is 12.1 Å². The Bertz CT molecular complexity index is 1030. The van der Waals surface area contributed by atoms with Gasteiger partial charge in [-0.1, -0.05) is 17.3 Å². The average molecular weight is 390 g/mol. The number of halogens is 3. The average Bonchev–Trinajstić information content (AvgIpc) is 3.06. The van der Waals surface area contributed by atoms with Crippen LogP contribution in [0, 0.1) is 6.92 Å². The molecule has 1 aromatic carbocycles. The first-order valence-corrected chi connectivity index (χ1v) is 7.93.